The molecule has 7 heteroatoms. The van der Waals surface area contributed by atoms with E-state index < -0.39 is 23.8 Å². The molecule has 41 heavy (non-hydrogen) atoms. The van der Waals surface area contributed by atoms with E-state index in [4.69, 9.17) is 4.74 Å². The first-order valence-corrected chi connectivity index (χ1v) is 15.1. The summed E-state index contributed by atoms with van der Waals surface area (Å²) < 4.78 is 5.50. The second-order valence-electron chi connectivity index (χ2n) is 12.3. The van der Waals surface area contributed by atoms with Crippen LogP contribution in [0.3, 0.4) is 0 Å². The third-order valence-electron chi connectivity index (χ3n) is 6.71. The van der Waals surface area contributed by atoms with Crippen LogP contribution in [0.2, 0.25) is 0 Å². The summed E-state index contributed by atoms with van der Waals surface area (Å²) in [5, 5.41) is 5.90. The zero-order chi connectivity index (χ0) is 30.4. The first kappa shape index (κ1) is 33.9. The molecule has 0 bridgehead atoms. The highest BCUT2D eigenvalue weighted by molar-refractivity contribution is 5.92. The summed E-state index contributed by atoms with van der Waals surface area (Å²) in [5.74, 6) is -0.391. The van der Waals surface area contributed by atoms with Gasteiger partial charge in [0, 0.05) is 13.1 Å². The Morgan fingerprint density at radius 3 is 2.22 bits per heavy atom. The minimum absolute atomic E-state index is 0.134. The Balaban J connectivity index is 2.46. The van der Waals surface area contributed by atoms with E-state index in [9.17, 15) is 14.4 Å². The van der Waals surface area contributed by atoms with Crippen LogP contribution in [0.4, 0.5) is 4.79 Å². The molecular weight excluding hydrogens is 514 g/mol. The number of ether oxygens (including phenoxy) is 1. The fraction of sp³-hybridized carbons (Fsp3) is 0.559. The lowest BCUT2D eigenvalue weighted by Crippen LogP contribution is -2.53. The lowest BCUT2D eigenvalue weighted by Gasteiger charge is -2.35. The smallest absolute Gasteiger partial charge is 0.408 e. The average molecular weight is 566 g/mol. The number of nitrogens with one attached hydrogen (secondary N) is 2. The van der Waals surface area contributed by atoms with Gasteiger partial charge in [0.15, 0.2) is 0 Å². The maximum Gasteiger partial charge on any atom is 0.408 e. The van der Waals surface area contributed by atoms with Gasteiger partial charge in [-0.2, -0.15) is 0 Å². The minimum Gasteiger partial charge on any atom is -0.444 e. The topological polar surface area (TPSA) is 87.7 Å². The van der Waals surface area contributed by atoms with E-state index in [1.165, 1.54) is 0 Å². The lowest BCUT2D eigenvalue weighted by molar-refractivity contribution is -0.143. The van der Waals surface area contributed by atoms with Crippen molar-refractivity contribution in [3.8, 4) is 0 Å². The molecule has 0 heterocycles. The van der Waals surface area contributed by atoms with E-state index >= 15 is 0 Å². The molecule has 0 aromatic heterocycles. The Kier molecular flexibility index (Phi) is 13.9. The Morgan fingerprint density at radius 1 is 0.927 bits per heavy atom. The number of unbranched alkanes of at least 4 members (excludes halogenated alkanes) is 4. The standard InChI is InChI=1S/C34H51N3O4/c1-8-9-10-11-15-21-37(32(39)29(22-25(2)3)36-33(40)41-34(5,6)7)30(28-20-16-17-26(4)23-28)31(38)35-24-27-18-13-12-14-19-27/h12-14,16-20,23,25,29-30H,8-11,15,21-22,24H2,1-7H3,(H,35,38)(H,36,40). The molecular formula is C34H51N3O4. The highest BCUT2D eigenvalue weighted by Gasteiger charge is 2.36. The molecule has 2 rings (SSSR count). The zero-order valence-corrected chi connectivity index (χ0v) is 26.2. The quantitative estimate of drug-likeness (QED) is 0.226. The molecule has 0 saturated heterocycles. The van der Waals surface area contributed by atoms with Gasteiger partial charge in [0.1, 0.15) is 17.7 Å². The molecule has 0 spiro atoms. The van der Waals surface area contributed by atoms with Crippen LogP contribution in [0, 0.1) is 12.8 Å². The summed E-state index contributed by atoms with van der Waals surface area (Å²) >= 11 is 0. The molecule has 226 valence electrons. The Morgan fingerprint density at radius 2 is 1.61 bits per heavy atom. The summed E-state index contributed by atoms with van der Waals surface area (Å²) in [7, 11) is 0. The van der Waals surface area contributed by atoms with Crippen molar-refractivity contribution in [1.29, 1.82) is 0 Å². The van der Waals surface area contributed by atoms with Gasteiger partial charge >= 0.3 is 6.09 Å². The van der Waals surface area contributed by atoms with Gasteiger partial charge in [-0.1, -0.05) is 107 Å². The van der Waals surface area contributed by atoms with Crippen molar-refractivity contribution in [1.82, 2.24) is 15.5 Å². The van der Waals surface area contributed by atoms with Gasteiger partial charge in [-0.05, 0) is 57.6 Å². The lowest BCUT2D eigenvalue weighted by atomic mass is 9.97. The van der Waals surface area contributed by atoms with Crippen LogP contribution in [-0.4, -0.2) is 41.0 Å². The SMILES string of the molecule is CCCCCCCN(C(=O)C(CC(C)C)NC(=O)OC(C)(C)C)C(C(=O)NCc1ccccc1)c1cccc(C)c1. The van der Waals surface area contributed by atoms with E-state index in [0.717, 1.165) is 48.8 Å². The van der Waals surface area contributed by atoms with E-state index in [1.54, 1.807) is 25.7 Å². The number of hydrogen-bond donors (Lipinski definition) is 2. The number of rotatable bonds is 15. The van der Waals surface area contributed by atoms with Gasteiger partial charge in [-0.15, -0.1) is 0 Å². The zero-order valence-electron chi connectivity index (χ0n) is 26.2. The number of amides is 3. The highest BCUT2D eigenvalue weighted by atomic mass is 16.6. The molecule has 0 radical (unpaired) electrons. The van der Waals surface area contributed by atoms with Gasteiger partial charge in [-0.25, -0.2) is 4.79 Å². The van der Waals surface area contributed by atoms with Crippen molar-refractivity contribution in [3.05, 3.63) is 71.3 Å². The molecule has 2 aromatic rings. The van der Waals surface area contributed by atoms with E-state index in [1.807, 2.05) is 75.4 Å². The number of aryl methyl sites for hydroxylation is 1. The number of alkyl carbamates (subject to hydrolysis) is 1. The predicted octanol–water partition coefficient (Wildman–Crippen LogP) is 7.09. The van der Waals surface area contributed by atoms with Crippen molar-refractivity contribution < 1.29 is 19.1 Å². The van der Waals surface area contributed by atoms with Gasteiger partial charge in [0.25, 0.3) is 0 Å². The summed E-state index contributed by atoms with van der Waals surface area (Å²) in [6.45, 7) is 14.3. The molecule has 0 fully saturated rings. The summed E-state index contributed by atoms with van der Waals surface area (Å²) in [5.41, 5.74) is 2.03. The molecule has 0 saturated carbocycles. The van der Waals surface area contributed by atoms with Crippen molar-refractivity contribution in [2.45, 2.75) is 111 Å². The molecule has 2 aromatic carbocycles. The molecule has 2 unspecified atom stereocenters. The van der Waals surface area contributed by atoms with Crippen LogP contribution >= 0.6 is 0 Å². The van der Waals surface area contributed by atoms with Crippen molar-refractivity contribution in [2.24, 2.45) is 5.92 Å². The third kappa shape index (κ3) is 12.4. The first-order valence-electron chi connectivity index (χ1n) is 15.1. The monoisotopic (exact) mass is 565 g/mol. The molecule has 2 atom stereocenters. The Labute approximate surface area is 247 Å². The van der Waals surface area contributed by atoms with Crippen molar-refractivity contribution in [2.75, 3.05) is 6.54 Å². The molecule has 0 aliphatic carbocycles. The molecule has 3 amide bonds. The van der Waals surface area contributed by atoms with Crippen LogP contribution in [-0.2, 0) is 20.9 Å². The maximum absolute atomic E-state index is 14.4. The van der Waals surface area contributed by atoms with E-state index in [0.29, 0.717) is 19.5 Å². The number of nitrogens with zero attached hydrogens (tertiary/aromatic N) is 1. The number of benzene rings is 2. The maximum atomic E-state index is 14.4. The molecule has 0 aliphatic rings. The normalized spacial score (nSPS) is 12.9. The number of hydrogen-bond acceptors (Lipinski definition) is 4. The second kappa shape index (κ2) is 16.8. The average Bonchev–Trinajstić information content (AvgIpc) is 2.89. The van der Waals surface area contributed by atoms with Crippen LogP contribution in [0.15, 0.2) is 54.6 Å². The summed E-state index contributed by atoms with van der Waals surface area (Å²) in [6, 6.07) is 15.8. The van der Waals surface area contributed by atoms with Gasteiger partial charge in [-0.3, -0.25) is 9.59 Å². The van der Waals surface area contributed by atoms with Gasteiger partial charge in [0.2, 0.25) is 11.8 Å². The summed E-state index contributed by atoms with van der Waals surface area (Å²) in [4.78, 5) is 42.8. The van der Waals surface area contributed by atoms with Crippen LogP contribution in [0.25, 0.3) is 0 Å². The minimum atomic E-state index is -0.840. The molecule has 2 N–H and O–H groups in total. The fourth-order valence-electron chi connectivity index (χ4n) is 4.79. The molecule has 0 aliphatic heterocycles. The van der Waals surface area contributed by atoms with Gasteiger partial charge < -0.3 is 20.3 Å². The molecule has 7 nitrogen and oxygen atoms in total. The predicted molar refractivity (Wildman–Crippen MR) is 165 cm³/mol. The largest absolute Gasteiger partial charge is 0.444 e. The second-order valence-corrected chi connectivity index (χ2v) is 12.3. The van der Waals surface area contributed by atoms with Crippen LogP contribution < -0.4 is 10.6 Å². The first-order chi connectivity index (χ1) is 19.4. The fourth-order valence-corrected chi connectivity index (χ4v) is 4.79. The van der Waals surface area contributed by atoms with Gasteiger partial charge in [0.05, 0.1) is 0 Å². The van der Waals surface area contributed by atoms with Crippen LogP contribution in [0.1, 0.15) is 103 Å². The van der Waals surface area contributed by atoms with E-state index in [2.05, 4.69) is 17.6 Å². The third-order valence-corrected chi connectivity index (χ3v) is 6.71. The van der Waals surface area contributed by atoms with E-state index in [-0.39, 0.29) is 17.7 Å². The van der Waals surface area contributed by atoms with Crippen LogP contribution in [0.5, 0.6) is 0 Å². The number of carbonyl (C=O) groups excluding carboxylic acids is 3. The Bertz CT molecular complexity index is 1090. The number of carbonyl (C=O) groups is 3. The van der Waals surface area contributed by atoms with Crippen molar-refractivity contribution >= 4 is 17.9 Å². The van der Waals surface area contributed by atoms with Crippen molar-refractivity contribution in [3.63, 3.8) is 0 Å². The summed E-state index contributed by atoms with van der Waals surface area (Å²) in [6.07, 6.45) is 4.82. The Hall–Kier alpha value is -3.35. The highest BCUT2D eigenvalue weighted by Crippen LogP contribution is 2.26.